The van der Waals surface area contributed by atoms with Gasteiger partial charge in [-0.2, -0.15) is 5.10 Å². The number of nitrogens with one attached hydrogen (secondary N) is 1. The minimum atomic E-state index is -3.49. The Kier molecular flexibility index (Phi) is 3.42. The lowest BCUT2D eigenvalue weighted by molar-refractivity contribution is 0.600. The molecule has 7 heteroatoms. The third-order valence-corrected chi connectivity index (χ3v) is 3.40. The number of nitrogen functional groups attached to an aromatic ring is 1. The summed E-state index contributed by atoms with van der Waals surface area (Å²) in [5, 5.41) is 7.25. The molecule has 1 heterocycles. The Bertz CT molecular complexity index is 611. The largest absolute Gasteiger partial charge is 0.399 e. The molecule has 1 aromatic carbocycles. The standard InChI is InChI=1S/C11H12N4O2S/c12-10-5-3-9(4-6-10)8-18(16,17)15-11-2-1-7-13-14-11/h1-7H,8,12H2,(H,14,15). The van der Waals surface area contributed by atoms with Crippen LogP contribution in [0.1, 0.15) is 5.56 Å². The first kappa shape index (κ1) is 12.3. The molecule has 0 radical (unpaired) electrons. The van der Waals surface area contributed by atoms with Crippen LogP contribution in [0, 0.1) is 0 Å². The lowest BCUT2D eigenvalue weighted by Gasteiger charge is -2.06. The van der Waals surface area contributed by atoms with Crippen molar-refractivity contribution in [2.45, 2.75) is 5.75 Å². The van der Waals surface area contributed by atoms with Gasteiger partial charge < -0.3 is 5.73 Å². The third-order valence-electron chi connectivity index (χ3n) is 2.17. The molecular weight excluding hydrogens is 252 g/mol. The first-order valence-electron chi connectivity index (χ1n) is 5.18. The monoisotopic (exact) mass is 264 g/mol. The second-order valence-corrected chi connectivity index (χ2v) is 5.43. The summed E-state index contributed by atoms with van der Waals surface area (Å²) in [6, 6.07) is 9.80. The van der Waals surface area contributed by atoms with Crippen LogP contribution in [-0.2, 0) is 15.8 Å². The molecule has 0 amide bonds. The lowest BCUT2D eigenvalue weighted by Crippen LogP contribution is -2.16. The minimum Gasteiger partial charge on any atom is -0.399 e. The number of nitrogens with two attached hydrogens (primary N) is 1. The molecule has 18 heavy (non-hydrogen) atoms. The van der Waals surface area contributed by atoms with E-state index in [0.717, 1.165) is 0 Å². The fourth-order valence-corrected chi connectivity index (χ4v) is 2.52. The zero-order valence-corrected chi connectivity index (χ0v) is 10.3. The molecule has 6 nitrogen and oxygen atoms in total. The van der Waals surface area contributed by atoms with Gasteiger partial charge in [-0.25, -0.2) is 8.42 Å². The Morgan fingerprint density at radius 1 is 1.17 bits per heavy atom. The molecule has 0 saturated heterocycles. The summed E-state index contributed by atoms with van der Waals surface area (Å²) in [7, 11) is -3.49. The molecule has 94 valence electrons. The number of hydrogen-bond acceptors (Lipinski definition) is 5. The summed E-state index contributed by atoms with van der Waals surface area (Å²) in [6.45, 7) is 0. The number of sulfonamides is 1. The predicted octanol–water partition coefficient (Wildman–Crippen LogP) is 1.00. The van der Waals surface area contributed by atoms with Gasteiger partial charge in [-0.15, -0.1) is 5.10 Å². The molecule has 0 atom stereocenters. The van der Waals surface area contributed by atoms with E-state index in [1.807, 2.05) is 0 Å². The third kappa shape index (κ3) is 3.42. The van der Waals surface area contributed by atoms with Crippen molar-refractivity contribution in [1.29, 1.82) is 0 Å². The lowest BCUT2D eigenvalue weighted by atomic mass is 10.2. The Morgan fingerprint density at radius 3 is 2.50 bits per heavy atom. The van der Waals surface area contributed by atoms with Crippen LogP contribution >= 0.6 is 0 Å². The molecule has 3 N–H and O–H groups in total. The second kappa shape index (κ2) is 5.01. The fraction of sp³-hybridized carbons (Fsp3) is 0.0909. The van der Waals surface area contributed by atoms with E-state index in [2.05, 4.69) is 14.9 Å². The molecule has 0 bridgehead atoms. The van der Waals surface area contributed by atoms with Crippen LogP contribution in [0.4, 0.5) is 11.5 Å². The highest BCUT2D eigenvalue weighted by molar-refractivity contribution is 7.91. The molecule has 0 saturated carbocycles. The molecule has 0 unspecified atom stereocenters. The summed E-state index contributed by atoms with van der Waals surface area (Å²) in [5.74, 6) is 0.0667. The van der Waals surface area contributed by atoms with Crippen molar-refractivity contribution in [2.75, 3.05) is 10.5 Å². The molecule has 0 aliphatic carbocycles. The number of hydrogen-bond donors (Lipinski definition) is 2. The number of benzene rings is 1. The minimum absolute atomic E-state index is 0.135. The summed E-state index contributed by atoms with van der Waals surface area (Å²) in [4.78, 5) is 0. The van der Waals surface area contributed by atoms with Crippen LogP contribution in [0.3, 0.4) is 0 Å². The average molecular weight is 264 g/mol. The Labute approximate surface area is 105 Å². The first-order valence-corrected chi connectivity index (χ1v) is 6.83. The highest BCUT2D eigenvalue weighted by Crippen LogP contribution is 2.11. The summed E-state index contributed by atoms with van der Waals surface area (Å²) in [6.07, 6.45) is 1.47. The highest BCUT2D eigenvalue weighted by Gasteiger charge is 2.12. The van der Waals surface area contributed by atoms with Gasteiger partial charge in [0.2, 0.25) is 10.0 Å². The van der Waals surface area contributed by atoms with E-state index < -0.39 is 10.0 Å². The summed E-state index contributed by atoms with van der Waals surface area (Å²) < 4.78 is 26.0. The Hall–Kier alpha value is -2.15. The molecule has 0 aliphatic rings. The van der Waals surface area contributed by atoms with Crippen LogP contribution < -0.4 is 10.5 Å². The number of anilines is 2. The molecule has 2 aromatic rings. The van der Waals surface area contributed by atoms with Gasteiger partial charge in [-0.3, -0.25) is 4.72 Å². The van der Waals surface area contributed by atoms with Crippen LogP contribution in [0.5, 0.6) is 0 Å². The normalized spacial score (nSPS) is 11.1. The summed E-state index contributed by atoms with van der Waals surface area (Å²) >= 11 is 0. The Morgan fingerprint density at radius 2 is 1.89 bits per heavy atom. The predicted molar refractivity (Wildman–Crippen MR) is 69.1 cm³/mol. The van der Waals surface area contributed by atoms with Crippen molar-refractivity contribution in [3.63, 3.8) is 0 Å². The van der Waals surface area contributed by atoms with Crippen molar-refractivity contribution < 1.29 is 8.42 Å². The van der Waals surface area contributed by atoms with E-state index in [4.69, 9.17) is 5.73 Å². The first-order chi connectivity index (χ1) is 8.55. The van der Waals surface area contributed by atoms with Crippen LogP contribution in [0.25, 0.3) is 0 Å². The molecule has 0 fully saturated rings. The molecule has 0 aliphatic heterocycles. The molecular formula is C11H12N4O2S. The SMILES string of the molecule is Nc1ccc(CS(=O)(=O)Nc2cccnn2)cc1. The van der Waals surface area contributed by atoms with E-state index in [1.54, 1.807) is 30.3 Å². The van der Waals surface area contributed by atoms with Crippen molar-refractivity contribution in [3.8, 4) is 0 Å². The van der Waals surface area contributed by atoms with Gasteiger partial charge >= 0.3 is 0 Å². The fourth-order valence-electron chi connectivity index (χ4n) is 1.38. The number of rotatable bonds is 4. The van der Waals surface area contributed by atoms with Crippen molar-refractivity contribution in [1.82, 2.24) is 10.2 Å². The van der Waals surface area contributed by atoms with Crippen LogP contribution in [0.2, 0.25) is 0 Å². The van der Waals surface area contributed by atoms with Gasteiger partial charge in [-0.1, -0.05) is 12.1 Å². The maximum Gasteiger partial charge on any atom is 0.238 e. The Balaban J connectivity index is 2.10. The van der Waals surface area contributed by atoms with Crippen LogP contribution in [-0.4, -0.2) is 18.6 Å². The maximum absolute atomic E-state index is 11.8. The number of nitrogens with zero attached hydrogens (tertiary/aromatic N) is 2. The quantitative estimate of drug-likeness (QED) is 0.803. The van der Waals surface area contributed by atoms with Crippen molar-refractivity contribution in [3.05, 3.63) is 48.2 Å². The van der Waals surface area contributed by atoms with Gasteiger partial charge in [-0.05, 0) is 29.8 Å². The molecule has 1 aromatic heterocycles. The van der Waals surface area contributed by atoms with Gasteiger partial charge in [0, 0.05) is 11.9 Å². The zero-order valence-electron chi connectivity index (χ0n) is 9.45. The average Bonchev–Trinajstić information content (AvgIpc) is 2.32. The maximum atomic E-state index is 11.8. The highest BCUT2D eigenvalue weighted by atomic mass is 32.2. The van der Waals surface area contributed by atoms with Crippen molar-refractivity contribution >= 4 is 21.5 Å². The van der Waals surface area contributed by atoms with Gasteiger partial charge in [0.25, 0.3) is 0 Å². The topological polar surface area (TPSA) is 98.0 Å². The van der Waals surface area contributed by atoms with E-state index in [-0.39, 0.29) is 11.6 Å². The van der Waals surface area contributed by atoms with Gasteiger partial charge in [0.05, 0.1) is 5.75 Å². The van der Waals surface area contributed by atoms with E-state index in [1.165, 1.54) is 12.3 Å². The van der Waals surface area contributed by atoms with Crippen molar-refractivity contribution in [2.24, 2.45) is 0 Å². The number of aromatic nitrogens is 2. The smallest absolute Gasteiger partial charge is 0.238 e. The van der Waals surface area contributed by atoms with Gasteiger partial charge in [0.1, 0.15) is 0 Å². The summed E-state index contributed by atoms with van der Waals surface area (Å²) in [5.41, 5.74) is 6.78. The van der Waals surface area contributed by atoms with Crippen LogP contribution in [0.15, 0.2) is 42.6 Å². The van der Waals surface area contributed by atoms with E-state index >= 15 is 0 Å². The van der Waals surface area contributed by atoms with Gasteiger partial charge in [0.15, 0.2) is 5.82 Å². The van der Waals surface area contributed by atoms with E-state index in [9.17, 15) is 8.42 Å². The zero-order chi connectivity index (χ0) is 13.0. The second-order valence-electron chi connectivity index (χ2n) is 3.71. The molecule has 0 spiro atoms. The molecule has 2 rings (SSSR count). The van der Waals surface area contributed by atoms with E-state index in [0.29, 0.717) is 11.3 Å².